The molecule has 0 saturated carbocycles. The zero-order valence-electron chi connectivity index (χ0n) is 9.20. The van der Waals surface area contributed by atoms with Gasteiger partial charge in [0.05, 0.1) is 5.69 Å². The van der Waals surface area contributed by atoms with Crippen LogP contribution in [0.4, 0.5) is 0 Å². The Morgan fingerprint density at radius 1 is 1.29 bits per heavy atom. The molecule has 3 nitrogen and oxygen atoms in total. The molecule has 1 atom stereocenters. The van der Waals surface area contributed by atoms with Gasteiger partial charge in [0.2, 0.25) is 0 Å². The molecule has 14 heavy (non-hydrogen) atoms. The SMILES string of the molecule is CC(C)CCNC(C)c1cnccn1. The Balaban J connectivity index is 2.32. The highest BCUT2D eigenvalue weighted by molar-refractivity contribution is 5.00. The highest BCUT2D eigenvalue weighted by Gasteiger charge is 2.05. The lowest BCUT2D eigenvalue weighted by atomic mass is 10.1. The van der Waals surface area contributed by atoms with Gasteiger partial charge in [0.1, 0.15) is 0 Å². The van der Waals surface area contributed by atoms with Crippen molar-refractivity contribution in [1.29, 1.82) is 0 Å². The monoisotopic (exact) mass is 193 g/mol. The summed E-state index contributed by atoms with van der Waals surface area (Å²) in [5.74, 6) is 0.747. The molecule has 1 rings (SSSR count). The Morgan fingerprint density at radius 3 is 2.64 bits per heavy atom. The van der Waals surface area contributed by atoms with Gasteiger partial charge in [0, 0.05) is 24.6 Å². The average Bonchev–Trinajstić information content (AvgIpc) is 2.18. The van der Waals surface area contributed by atoms with E-state index in [1.54, 1.807) is 12.4 Å². The van der Waals surface area contributed by atoms with Crippen LogP contribution < -0.4 is 5.32 Å². The van der Waals surface area contributed by atoms with Gasteiger partial charge in [-0.25, -0.2) is 0 Å². The lowest BCUT2D eigenvalue weighted by Gasteiger charge is -2.13. The molecule has 1 aromatic rings. The Labute approximate surface area is 86.0 Å². The number of hydrogen-bond donors (Lipinski definition) is 1. The van der Waals surface area contributed by atoms with Gasteiger partial charge in [-0.2, -0.15) is 0 Å². The van der Waals surface area contributed by atoms with Gasteiger partial charge in [0.25, 0.3) is 0 Å². The van der Waals surface area contributed by atoms with E-state index in [0.717, 1.165) is 18.2 Å². The van der Waals surface area contributed by atoms with Crippen LogP contribution in [0.15, 0.2) is 18.6 Å². The van der Waals surface area contributed by atoms with E-state index in [9.17, 15) is 0 Å². The van der Waals surface area contributed by atoms with Crippen LogP contribution in [0, 0.1) is 5.92 Å². The molecule has 0 spiro atoms. The minimum absolute atomic E-state index is 0.294. The molecule has 0 aromatic carbocycles. The molecular weight excluding hydrogens is 174 g/mol. The first-order valence-corrected chi connectivity index (χ1v) is 5.19. The van der Waals surface area contributed by atoms with E-state index < -0.39 is 0 Å². The van der Waals surface area contributed by atoms with Crippen LogP contribution in [0.1, 0.15) is 38.9 Å². The fourth-order valence-electron chi connectivity index (χ4n) is 1.23. The minimum Gasteiger partial charge on any atom is -0.309 e. The maximum Gasteiger partial charge on any atom is 0.0753 e. The number of rotatable bonds is 5. The van der Waals surface area contributed by atoms with Crippen molar-refractivity contribution in [3.63, 3.8) is 0 Å². The smallest absolute Gasteiger partial charge is 0.0753 e. The van der Waals surface area contributed by atoms with E-state index >= 15 is 0 Å². The van der Waals surface area contributed by atoms with Crippen LogP contribution in [0.3, 0.4) is 0 Å². The van der Waals surface area contributed by atoms with Crippen molar-refractivity contribution in [1.82, 2.24) is 15.3 Å². The summed E-state index contributed by atoms with van der Waals surface area (Å²) in [7, 11) is 0. The molecule has 0 aliphatic rings. The van der Waals surface area contributed by atoms with E-state index in [2.05, 4.69) is 36.1 Å². The average molecular weight is 193 g/mol. The van der Waals surface area contributed by atoms with Gasteiger partial charge in [-0.3, -0.25) is 9.97 Å². The lowest BCUT2D eigenvalue weighted by molar-refractivity contribution is 0.491. The molecule has 0 amide bonds. The Morgan fingerprint density at radius 2 is 2.07 bits per heavy atom. The van der Waals surface area contributed by atoms with Crippen LogP contribution in [-0.2, 0) is 0 Å². The third-order valence-corrected chi connectivity index (χ3v) is 2.20. The number of hydrogen-bond acceptors (Lipinski definition) is 3. The summed E-state index contributed by atoms with van der Waals surface area (Å²) >= 11 is 0. The van der Waals surface area contributed by atoms with E-state index in [4.69, 9.17) is 0 Å². The summed E-state index contributed by atoms with van der Waals surface area (Å²) in [5.41, 5.74) is 1.01. The molecule has 0 saturated heterocycles. The van der Waals surface area contributed by atoms with Crippen molar-refractivity contribution in [2.45, 2.75) is 33.2 Å². The number of aromatic nitrogens is 2. The van der Waals surface area contributed by atoms with Crippen molar-refractivity contribution in [2.24, 2.45) is 5.92 Å². The standard InChI is InChI=1S/C11H19N3/c1-9(2)4-5-13-10(3)11-8-12-6-7-14-11/h6-10,13H,4-5H2,1-3H3. The Kier molecular flexibility index (Phi) is 4.53. The predicted molar refractivity (Wildman–Crippen MR) is 57.9 cm³/mol. The lowest BCUT2D eigenvalue weighted by Crippen LogP contribution is -2.21. The van der Waals surface area contributed by atoms with Crippen molar-refractivity contribution >= 4 is 0 Å². The van der Waals surface area contributed by atoms with E-state index in [1.807, 2.05) is 6.20 Å². The first-order valence-electron chi connectivity index (χ1n) is 5.19. The molecule has 1 N–H and O–H groups in total. The molecule has 0 radical (unpaired) electrons. The summed E-state index contributed by atoms with van der Waals surface area (Å²) in [4.78, 5) is 8.30. The Bertz CT molecular complexity index is 246. The van der Waals surface area contributed by atoms with E-state index in [0.29, 0.717) is 6.04 Å². The normalized spacial score (nSPS) is 13.1. The van der Waals surface area contributed by atoms with Gasteiger partial charge < -0.3 is 5.32 Å². The zero-order valence-corrected chi connectivity index (χ0v) is 9.20. The fourth-order valence-corrected chi connectivity index (χ4v) is 1.23. The maximum absolute atomic E-state index is 4.25. The molecule has 0 bridgehead atoms. The summed E-state index contributed by atoms with van der Waals surface area (Å²) < 4.78 is 0. The second-order valence-electron chi connectivity index (χ2n) is 3.99. The van der Waals surface area contributed by atoms with E-state index in [1.165, 1.54) is 6.42 Å². The topological polar surface area (TPSA) is 37.8 Å². The summed E-state index contributed by atoms with van der Waals surface area (Å²) in [6.07, 6.45) is 6.44. The second kappa shape index (κ2) is 5.70. The summed E-state index contributed by atoms with van der Waals surface area (Å²) in [6, 6.07) is 0.294. The molecule has 3 heteroatoms. The molecule has 1 aromatic heterocycles. The predicted octanol–water partition coefficient (Wildman–Crippen LogP) is 2.17. The Hall–Kier alpha value is -0.960. The van der Waals surface area contributed by atoms with Crippen molar-refractivity contribution in [3.05, 3.63) is 24.3 Å². The second-order valence-corrected chi connectivity index (χ2v) is 3.99. The minimum atomic E-state index is 0.294. The molecule has 0 aliphatic carbocycles. The highest BCUT2D eigenvalue weighted by atomic mass is 14.9. The van der Waals surface area contributed by atoms with Gasteiger partial charge in [-0.15, -0.1) is 0 Å². The molecule has 78 valence electrons. The quantitative estimate of drug-likeness (QED) is 0.778. The van der Waals surface area contributed by atoms with Crippen LogP contribution in [0.25, 0.3) is 0 Å². The van der Waals surface area contributed by atoms with Gasteiger partial charge in [-0.05, 0) is 25.8 Å². The van der Waals surface area contributed by atoms with Crippen LogP contribution in [-0.4, -0.2) is 16.5 Å². The van der Waals surface area contributed by atoms with Crippen LogP contribution in [0.2, 0.25) is 0 Å². The summed E-state index contributed by atoms with van der Waals surface area (Å²) in [5, 5.41) is 3.43. The van der Waals surface area contributed by atoms with Crippen molar-refractivity contribution in [2.75, 3.05) is 6.54 Å². The number of nitrogens with zero attached hydrogens (tertiary/aromatic N) is 2. The van der Waals surface area contributed by atoms with E-state index in [-0.39, 0.29) is 0 Å². The van der Waals surface area contributed by atoms with Gasteiger partial charge >= 0.3 is 0 Å². The third kappa shape index (κ3) is 3.83. The first kappa shape index (κ1) is 11.1. The molecule has 1 unspecified atom stereocenters. The largest absolute Gasteiger partial charge is 0.309 e. The molecular formula is C11H19N3. The van der Waals surface area contributed by atoms with Gasteiger partial charge in [-0.1, -0.05) is 13.8 Å². The van der Waals surface area contributed by atoms with Gasteiger partial charge in [0.15, 0.2) is 0 Å². The molecule has 0 fully saturated rings. The fraction of sp³-hybridized carbons (Fsp3) is 0.636. The number of nitrogens with one attached hydrogen (secondary N) is 1. The van der Waals surface area contributed by atoms with Crippen molar-refractivity contribution < 1.29 is 0 Å². The van der Waals surface area contributed by atoms with Crippen molar-refractivity contribution in [3.8, 4) is 0 Å². The highest BCUT2D eigenvalue weighted by Crippen LogP contribution is 2.07. The first-order chi connectivity index (χ1) is 6.70. The summed E-state index contributed by atoms with van der Waals surface area (Å²) in [6.45, 7) is 7.61. The zero-order chi connectivity index (χ0) is 10.4. The molecule has 1 heterocycles. The third-order valence-electron chi connectivity index (χ3n) is 2.20. The molecule has 0 aliphatic heterocycles. The maximum atomic E-state index is 4.25. The van der Waals surface area contributed by atoms with Crippen LogP contribution in [0.5, 0.6) is 0 Å². The van der Waals surface area contributed by atoms with Crippen LogP contribution >= 0.6 is 0 Å².